The molecule has 4 heteroatoms. The van der Waals surface area contributed by atoms with Gasteiger partial charge in [0.05, 0.1) is 23.3 Å². The minimum Gasteiger partial charge on any atom is -0.250 e. The van der Waals surface area contributed by atoms with Gasteiger partial charge in [-0.1, -0.05) is 24.3 Å². The molecule has 0 spiro atoms. The Labute approximate surface area is 151 Å². The van der Waals surface area contributed by atoms with Crippen LogP contribution in [-0.2, 0) is 6.54 Å². The Balaban J connectivity index is 1.77. The lowest BCUT2D eigenvalue weighted by Gasteiger charge is -2.17. The van der Waals surface area contributed by atoms with Crippen LogP contribution in [0.1, 0.15) is 22.4 Å². The summed E-state index contributed by atoms with van der Waals surface area (Å²) in [6.07, 6.45) is 3.77. The Morgan fingerprint density at radius 3 is 2.62 bits per heavy atom. The van der Waals surface area contributed by atoms with Gasteiger partial charge in [-0.05, 0) is 42.5 Å². The predicted octanol–water partition coefficient (Wildman–Crippen LogP) is 4.15. The van der Waals surface area contributed by atoms with E-state index in [1.807, 2.05) is 53.1 Å². The summed E-state index contributed by atoms with van der Waals surface area (Å²) < 4.78 is 16.2. The molecule has 1 aliphatic rings. The average Bonchev–Trinajstić information content (AvgIpc) is 2.67. The fourth-order valence-electron chi connectivity index (χ4n) is 3.03. The van der Waals surface area contributed by atoms with Crippen LogP contribution < -0.4 is 0 Å². The van der Waals surface area contributed by atoms with Crippen molar-refractivity contribution in [1.82, 2.24) is 4.98 Å². The third-order valence-electron chi connectivity index (χ3n) is 4.36. The minimum atomic E-state index is -0.232. The number of aromatic nitrogens is 1. The zero-order chi connectivity index (χ0) is 17.9. The van der Waals surface area contributed by atoms with E-state index in [2.05, 4.69) is 11.1 Å². The van der Waals surface area contributed by atoms with Crippen LogP contribution in [-0.4, -0.2) is 15.3 Å². The number of hydrogen-bond acceptors (Lipinski definition) is 2. The Morgan fingerprint density at radius 2 is 1.85 bits per heavy atom. The molecule has 0 radical (unpaired) electrons. The maximum atomic E-state index is 14.2. The summed E-state index contributed by atoms with van der Waals surface area (Å²) in [4.78, 5) is 4.41. The van der Waals surface area contributed by atoms with E-state index in [1.54, 1.807) is 24.4 Å². The fraction of sp³-hybridized carbons (Fsp3) is 0.0455. The summed E-state index contributed by atoms with van der Waals surface area (Å²) in [6.45, 7) is 0.404. The van der Waals surface area contributed by atoms with Crippen LogP contribution in [0.5, 0.6) is 0 Å². The van der Waals surface area contributed by atoms with Crippen LogP contribution in [0.4, 0.5) is 4.39 Å². The highest BCUT2D eigenvalue weighted by molar-refractivity contribution is 6.13. The van der Waals surface area contributed by atoms with E-state index in [9.17, 15) is 4.39 Å². The Bertz CT molecular complexity index is 1080. The summed E-state index contributed by atoms with van der Waals surface area (Å²) in [7, 11) is 0. The van der Waals surface area contributed by atoms with E-state index in [-0.39, 0.29) is 5.82 Å². The molecule has 1 aliphatic heterocycles. The molecule has 0 N–H and O–H groups in total. The number of rotatable bonds is 4. The van der Waals surface area contributed by atoms with Crippen molar-refractivity contribution in [3.05, 3.63) is 107 Å². The Kier molecular flexibility index (Phi) is 4.12. The van der Waals surface area contributed by atoms with Gasteiger partial charge < -0.3 is 0 Å². The third kappa shape index (κ3) is 2.91. The molecule has 0 saturated heterocycles. The van der Waals surface area contributed by atoms with Crippen molar-refractivity contribution >= 4 is 11.4 Å². The molecule has 4 rings (SSSR count). The molecule has 124 valence electrons. The van der Waals surface area contributed by atoms with Crippen LogP contribution in [0.25, 0.3) is 5.70 Å². The molecule has 2 aromatic carbocycles. The second-order valence-corrected chi connectivity index (χ2v) is 6.00. The first kappa shape index (κ1) is 15.9. The van der Waals surface area contributed by atoms with Crippen molar-refractivity contribution in [2.24, 2.45) is 0 Å². The molecular weight excluding hydrogens is 325 g/mol. The first-order chi connectivity index (χ1) is 12.8. The zero-order valence-corrected chi connectivity index (χ0v) is 13.9. The van der Waals surface area contributed by atoms with Gasteiger partial charge in [-0.25, -0.2) is 9.37 Å². The number of hydrogen-bond donors (Lipinski definition) is 0. The van der Waals surface area contributed by atoms with E-state index >= 15 is 0 Å². The van der Waals surface area contributed by atoms with E-state index in [0.717, 1.165) is 22.7 Å². The number of nitriles is 1. The summed E-state index contributed by atoms with van der Waals surface area (Å²) in [5.74, 6) is -0.232. The van der Waals surface area contributed by atoms with Crippen molar-refractivity contribution in [3.8, 4) is 6.07 Å². The van der Waals surface area contributed by atoms with E-state index < -0.39 is 0 Å². The largest absolute Gasteiger partial charge is 0.250 e. The van der Waals surface area contributed by atoms with Gasteiger partial charge in [-0.15, -0.1) is 0 Å². The number of nitrogens with zero attached hydrogens (tertiary/aromatic N) is 3. The molecule has 0 fully saturated rings. The fourth-order valence-corrected chi connectivity index (χ4v) is 3.03. The summed E-state index contributed by atoms with van der Waals surface area (Å²) in [5.41, 5.74) is 4.87. The maximum absolute atomic E-state index is 14.2. The number of allylic oxidation sites excluding steroid dienone is 1. The molecule has 0 aliphatic carbocycles. The molecule has 0 atom stereocenters. The lowest BCUT2D eigenvalue weighted by atomic mass is 9.99. The molecule has 3 aromatic rings. The van der Waals surface area contributed by atoms with Crippen molar-refractivity contribution in [1.29, 1.82) is 5.26 Å². The van der Waals surface area contributed by atoms with Crippen molar-refractivity contribution in [2.75, 3.05) is 0 Å². The van der Waals surface area contributed by atoms with Crippen LogP contribution >= 0.6 is 0 Å². The highest BCUT2D eigenvalue weighted by Gasteiger charge is 2.33. The van der Waals surface area contributed by atoms with Gasteiger partial charge in [0.25, 0.3) is 0 Å². The molecule has 0 saturated carbocycles. The van der Waals surface area contributed by atoms with Gasteiger partial charge >= 0.3 is 0 Å². The van der Waals surface area contributed by atoms with Gasteiger partial charge in [0.1, 0.15) is 11.5 Å². The molecule has 1 aromatic heterocycles. The van der Waals surface area contributed by atoms with Gasteiger partial charge in [-0.2, -0.15) is 9.84 Å². The zero-order valence-electron chi connectivity index (χ0n) is 13.9. The monoisotopic (exact) mass is 340 g/mol. The predicted molar refractivity (Wildman–Crippen MR) is 97.8 cm³/mol. The normalized spacial score (nSPS) is 13.0. The summed E-state index contributed by atoms with van der Waals surface area (Å²) in [6, 6.07) is 22.1. The second-order valence-electron chi connectivity index (χ2n) is 6.00. The Morgan fingerprint density at radius 1 is 1.00 bits per heavy atom. The SMILES string of the molecule is N#Cc1cccc(C2=[N+](Cc3ccccc3F)C(c3ccccn3)=C2)c1. The molecule has 0 amide bonds. The van der Waals surface area contributed by atoms with Gasteiger partial charge in [-0.3, -0.25) is 0 Å². The van der Waals surface area contributed by atoms with Crippen molar-refractivity contribution in [3.63, 3.8) is 0 Å². The topological polar surface area (TPSA) is 39.7 Å². The highest BCUT2D eigenvalue weighted by Crippen LogP contribution is 2.27. The van der Waals surface area contributed by atoms with Crippen LogP contribution in [0.3, 0.4) is 0 Å². The van der Waals surface area contributed by atoms with Crippen molar-refractivity contribution in [2.45, 2.75) is 6.54 Å². The second kappa shape index (κ2) is 6.73. The number of halogens is 1. The maximum Gasteiger partial charge on any atom is 0.238 e. The first-order valence-electron chi connectivity index (χ1n) is 8.28. The molecule has 3 nitrogen and oxygen atoms in total. The van der Waals surface area contributed by atoms with E-state index in [0.29, 0.717) is 17.7 Å². The van der Waals surface area contributed by atoms with Gasteiger partial charge in [0.15, 0.2) is 6.54 Å². The summed E-state index contributed by atoms with van der Waals surface area (Å²) >= 11 is 0. The van der Waals surface area contributed by atoms with E-state index in [1.165, 1.54) is 6.07 Å². The third-order valence-corrected chi connectivity index (χ3v) is 4.36. The smallest absolute Gasteiger partial charge is 0.238 e. The van der Waals surface area contributed by atoms with Crippen LogP contribution in [0, 0.1) is 17.1 Å². The van der Waals surface area contributed by atoms with Crippen LogP contribution in [0.15, 0.2) is 79.0 Å². The summed E-state index contributed by atoms with van der Waals surface area (Å²) in [5, 5.41) is 9.15. The molecule has 2 heterocycles. The number of pyridine rings is 1. The molecule has 26 heavy (non-hydrogen) atoms. The quantitative estimate of drug-likeness (QED) is 0.670. The Hall–Kier alpha value is -3.58. The average molecular weight is 340 g/mol. The van der Waals surface area contributed by atoms with E-state index in [4.69, 9.17) is 5.26 Å². The molecule has 0 unspecified atom stereocenters. The van der Waals surface area contributed by atoms with Gasteiger partial charge in [0, 0.05) is 11.8 Å². The molecule has 0 bridgehead atoms. The number of benzene rings is 2. The highest BCUT2D eigenvalue weighted by atomic mass is 19.1. The standard InChI is InChI=1S/C22H15FN3/c23-19-9-2-1-7-18(19)15-26-21(17-8-5-6-16(12-17)14-24)13-22(26)20-10-3-4-11-25-20/h1-13H,15H2/q+1. The van der Waals surface area contributed by atoms with Gasteiger partial charge in [0.2, 0.25) is 11.4 Å². The minimum absolute atomic E-state index is 0.232. The van der Waals surface area contributed by atoms with Crippen molar-refractivity contribution < 1.29 is 8.97 Å². The molecular formula is C22H15FN3+. The van der Waals surface area contributed by atoms with Crippen LogP contribution in [0.2, 0.25) is 0 Å². The lowest BCUT2D eigenvalue weighted by Crippen LogP contribution is -2.29. The first-order valence-corrected chi connectivity index (χ1v) is 8.28. The lowest BCUT2D eigenvalue weighted by molar-refractivity contribution is -0.458.